The highest BCUT2D eigenvalue weighted by molar-refractivity contribution is 5.89. The Balaban J connectivity index is 1.19. The van der Waals surface area contributed by atoms with Crippen molar-refractivity contribution in [2.24, 2.45) is 58.2 Å². The second kappa shape index (κ2) is 10.2. The number of carbonyl (C=O) groups excluding carboxylic acids is 1. The van der Waals surface area contributed by atoms with Crippen molar-refractivity contribution in [1.29, 1.82) is 0 Å². The Morgan fingerprint density at radius 2 is 1.72 bits per heavy atom. The van der Waals surface area contributed by atoms with Gasteiger partial charge in [0, 0.05) is 0 Å². The highest BCUT2D eigenvalue weighted by Crippen LogP contribution is 2.69. The Labute approximate surface area is 237 Å². The van der Waals surface area contributed by atoms with E-state index < -0.39 is 5.60 Å². The van der Waals surface area contributed by atoms with E-state index in [4.69, 9.17) is 4.74 Å². The molecule has 5 aliphatic carbocycles. The van der Waals surface area contributed by atoms with Crippen LogP contribution < -0.4 is 0 Å². The van der Waals surface area contributed by atoms with E-state index in [2.05, 4.69) is 34.6 Å². The molecule has 5 saturated carbocycles. The summed E-state index contributed by atoms with van der Waals surface area (Å²) in [5.74, 6) is 5.54. The molecule has 1 N–H and O–H groups in total. The predicted octanol–water partition coefficient (Wildman–Crippen LogP) is 8.69. The maximum atomic E-state index is 13.2. The van der Waals surface area contributed by atoms with Gasteiger partial charge in [0.2, 0.25) is 0 Å². The summed E-state index contributed by atoms with van der Waals surface area (Å²) in [6.45, 7) is 12.2. The molecule has 3 heteroatoms. The molecule has 0 radical (unpaired) electrons. The summed E-state index contributed by atoms with van der Waals surface area (Å²) in [5, 5.41) is 11.2. The predicted molar refractivity (Wildman–Crippen MR) is 157 cm³/mol. The fourth-order valence-electron chi connectivity index (χ4n) is 11.0. The number of benzene rings is 1. The molecule has 1 aromatic carbocycles. The van der Waals surface area contributed by atoms with Gasteiger partial charge in [-0.3, -0.25) is 0 Å². The SMILES string of the molecule is CC[C@]1(O)CC[C@@]2(C)[C@@H](CC[C@@H]3[C@@H]2CC[C@]2(C)C([C@H](C)[C@@H](CC4CC4C)OC(=O)c4ccccc4)CC[C@@H]32)C1. The molecule has 0 bridgehead atoms. The average Bonchev–Trinajstić information content (AvgIpc) is 3.51. The van der Waals surface area contributed by atoms with Crippen LogP contribution in [0.2, 0.25) is 0 Å². The van der Waals surface area contributed by atoms with Crippen molar-refractivity contribution in [2.75, 3.05) is 0 Å². The fraction of sp³-hybridized carbons (Fsp3) is 0.806. The molecule has 0 spiro atoms. The molecule has 1 aromatic rings. The quantitative estimate of drug-likeness (QED) is 0.356. The minimum atomic E-state index is -0.417. The summed E-state index contributed by atoms with van der Waals surface area (Å²) in [6.07, 6.45) is 14.5. The lowest BCUT2D eigenvalue weighted by atomic mass is 9.43. The average molecular weight is 535 g/mol. The number of rotatable bonds is 7. The van der Waals surface area contributed by atoms with E-state index in [0.717, 1.165) is 49.4 Å². The first-order chi connectivity index (χ1) is 18.6. The Hall–Kier alpha value is -1.35. The standard InChI is InChI=1S/C36H54O3/c1-6-36(38)19-18-34(4)27(22-36)12-13-28-30-15-14-29(35(30,5)17-16-31(28)34)24(3)32(21-26-20-23(26)2)39-33(37)25-10-8-7-9-11-25/h7-11,23-24,26-32,38H,6,12-22H2,1-5H3/t23?,24-,26?,27-,28-,29?,30-,31-,32+,34-,35+,36-/m0/s1. The molecule has 5 fully saturated rings. The Bertz CT molecular complexity index is 1040. The van der Waals surface area contributed by atoms with Gasteiger partial charge in [0.25, 0.3) is 0 Å². The Morgan fingerprint density at radius 1 is 1.00 bits per heavy atom. The summed E-state index contributed by atoms with van der Waals surface area (Å²) in [4.78, 5) is 13.2. The number of hydrogen-bond acceptors (Lipinski definition) is 3. The van der Waals surface area contributed by atoms with Gasteiger partial charge >= 0.3 is 5.97 Å². The first-order valence-electron chi connectivity index (χ1n) is 16.6. The lowest BCUT2D eigenvalue weighted by Crippen LogP contribution is -2.56. The second-order valence-electron chi connectivity index (χ2n) is 15.5. The van der Waals surface area contributed by atoms with Crippen molar-refractivity contribution < 1.29 is 14.6 Å². The van der Waals surface area contributed by atoms with Crippen molar-refractivity contribution in [3.05, 3.63) is 35.9 Å². The zero-order chi connectivity index (χ0) is 27.6. The highest BCUT2D eigenvalue weighted by atomic mass is 16.5. The van der Waals surface area contributed by atoms with E-state index in [-0.39, 0.29) is 12.1 Å². The van der Waals surface area contributed by atoms with Gasteiger partial charge in [-0.2, -0.15) is 0 Å². The Kier molecular flexibility index (Phi) is 7.26. The van der Waals surface area contributed by atoms with Gasteiger partial charge in [-0.15, -0.1) is 0 Å². The molecule has 0 heterocycles. The molecule has 216 valence electrons. The van der Waals surface area contributed by atoms with Gasteiger partial charge in [-0.25, -0.2) is 4.79 Å². The van der Waals surface area contributed by atoms with Crippen LogP contribution in [0.3, 0.4) is 0 Å². The van der Waals surface area contributed by atoms with Crippen LogP contribution in [0.25, 0.3) is 0 Å². The van der Waals surface area contributed by atoms with Crippen LogP contribution in [0, 0.1) is 58.2 Å². The van der Waals surface area contributed by atoms with Crippen LogP contribution in [0.1, 0.15) is 122 Å². The van der Waals surface area contributed by atoms with Crippen LogP contribution in [0.15, 0.2) is 30.3 Å². The largest absolute Gasteiger partial charge is 0.458 e. The van der Waals surface area contributed by atoms with E-state index in [9.17, 15) is 9.90 Å². The van der Waals surface area contributed by atoms with Crippen molar-refractivity contribution in [3.63, 3.8) is 0 Å². The molecular weight excluding hydrogens is 480 g/mol. The summed E-state index contributed by atoms with van der Waals surface area (Å²) >= 11 is 0. The van der Waals surface area contributed by atoms with E-state index in [0.29, 0.717) is 40.1 Å². The van der Waals surface area contributed by atoms with E-state index in [1.165, 1.54) is 51.4 Å². The molecule has 3 nitrogen and oxygen atoms in total. The third-order valence-corrected chi connectivity index (χ3v) is 13.9. The van der Waals surface area contributed by atoms with Crippen LogP contribution in [-0.4, -0.2) is 22.8 Å². The van der Waals surface area contributed by atoms with E-state index >= 15 is 0 Å². The zero-order valence-corrected chi connectivity index (χ0v) is 25.3. The van der Waals surface area contributed by atoms with Gasteiger partial charge in [0.1, 0.15) is 6.10 Å². The van der Waals surface area contributed by atoms with E-state index in [1.54, 1.807) is 0 Å². The fourth-order valence-corrected chi connectivity index (χ4v) is 11.0. The van der Waals surface area contributed by atoms with E-state index in [1.807, 2.05) is 30.3 Å². The van der Waals surface area contributed by atoms with Crippen molar-refractivity contribution in [3.8, 4) is 0 Å². The monoisotopic (exact) mass is 534 g/mol. The van der Waals surface area contributed by atoms with Crippen molar-refractivity contribution in [1.82, 2.24) is 0 Å². The van der Waals surface area contributed by atoms with Crippen molar-refractivity contribution >= 4 is 5.97 Å². The minimum absolute atomic E-state index is 0.0178. The number of esters is 1. The second-order valence-corrected chi connectivity index (χ2v) is 15.5. The summed E-state index contributed by atoms with van der Waals surface area (Å²) < 4.78 is 6.40. The number of aliphatic hydroxyl groups is 1. The van der Waals surface area contributed by atoms with Gasteiger partial charge in [-0.1, -0.05) is 52.8 Å². The number of ether oxygens (including phenoxy) is 1. The molecule has 0 aromatic heterocycles. The van der Waals surface area contributed by atoms with Crippen LogP contribution in [0.4, 0.5) is 0 Å². The third kappa shape index (κ3) is 4.81. The van der Waals surface area contributed by atoms with Crippen LogP contribution >= 0.6 is 0 Å². The van der Waals surface area contributed by atoms with Crippen LogP contribution in [-0.2, 0) is 4.74 Å². The first kappa shape index (κ1) is 27.8. The summed E-state index contributed by atoms with van der Waals surface area (Å²) in [5.41, 5.74) is 1.03. The molecule has 39 heavy (non-hydrogen) atoms. The lowest BCUT2D eigenvalue weighted by Gasteiger charge is -2.62. The molecule has 12 atom stereocenters. The maximum absolute atomic E-state index is 13.2. The number of carbonyl (C=O) groups is 1. The third-order valence-electron chi connectivity index (χ3n) is 13.9. The molecular formula is C36H54O3. The minimum Gasteiger partial charge on any atom is -0.458 e. The molecule has 6 rings (SSSR count). The van der Waals surface area contributed by atoms with Gasteiger partial charge < -0.3 is 9.84 Å². The van der Waals surface area contributed by atoms with Gasteiger partial charge in [-0.05, 0) is 147 Å². The molecule has 0 amide bonds. The van der Waals surface area contributed by atoms with Gasteiger partial charge in [0.15, 0.2) is 0 Å². The molecule has 0 aliphatic heterocycles. The lowest BCUT2D eigenvalue weighted by molar-refractivity contribution is -0.154. The first-order valence-corrected chi connectivity index (χ1v) is 16.6. The zero-order valence-electron chi connectivity index (χ0n) is 25.3. The molecule has 3 unspecified atom stereocenters. The smallest absolute Gasteiger partial charge is 0.338 e. The Morgan fingerprint density at radius 3 is 2.41 bits per heavy atom. The maximum Gasteiger partial charge on any atom is 0.338 e. The van der Waals surface area contributed by atoms with Crippen LogP contribution in [0.5, 0.6) is 0 Å². The number of hydrogen-bond donors (Lipinski definition) is 1. The molecule has 0 saturated heterocycles. The van der Waals surface area contributed by atoms with Gasteiger partial charge in [0.05, 0.1) is 11.2 Å². The topological polar surface area (TPSA) is 46.5 Å². The summed E-state index contributed by atoms with van der Waals surface area (Å²) in [6, 6.07) is 9.61. The number of fused-ring (bicyclic) bond motifs is 5. The normalized spacial score (nSPS) is 46.4. The summed E-state index contributed by atoms with van der Waals surface area (Å²) in [7, 11) is 0. The van der Waals surface area contributed by atoms with Crippen molar-refractivity contribution in [2.45, 2.75) is 123 Å². The molecule has 5 aliphatic rings. The highest BCUT2D eigenvalue weighted by Gasteiger charge is 2.62.